The third-order valence-electron chi connectivity index (χ3n) is 3.54. The lowest BCUT2D eigenvalue weighted by Crippen LogP contribution is -2.11. The fourth-order valence-electron chi connectivity index (χ4n) is 2.23. The Labute approximate surface area is 158 Å². The quantitative estimate of drug-likeness (QED) is 0.391. The number of allylic oxidation sites excluding steroid dienone is 2. The number of carbonyl (C=O) groups is 1. The van der Waals surface area contributed by atoms with E-state index in [9.17, 15) is 13.2 Å². The zero-order valence-corrected chi connectivity index (χ0v) is 16.1. The maximum absolute atomic E-state index is 12.8. The van der Waals surface area contributed by atoms with E-state index in [1.807, 2.05) is 0 Å². The molecule has 0 aliphatic rings. The molecule has 8 heteroatoms. The lowest BCUT2D eigenvalue weighted by molar-refractivity contribution is -0.137. The van der Waals surface area contributed by atoms with Crippen LogP contribution in [0.1, 0.15) is 12.5 Å². The molecule has 0 saturated carbocycles. The largest absolute Gasteiger partial charge is 0.493 e. The Balaban J connectivity index is 2.20. The van der Waals surface area contributed by atoms with Crippen LogP contribution >= 0.6 is 0 Å². The summed E-state index contributed by atoms with van der Waals surface area (Å²) in [6.45, 7) is 2.03. The predicted molar refractivity (Wildman–Crippen MR) is 101 cm³/mol. The summed E-state index contributed by atoms with van der Waals surface area (Å²) in [5.74, 6) is 0.340. The summed E-state index contributed by atoms with van der Waals surface area (Å²) in [5, 5.41) is 0. The molecule has 0 atom stereocenters. The first kappa shape index (κ1) is 20.3. The number of hydrogen-bond donors (Lipinski definition) is 0. The summed E-state index contributed by atoms with van der Waals surface area (Å²) in [4.78, 5) is 11.3. The standard InChI is InChI=1S/C19H21NO6S/c1-4-26-19(21)8-6-5-7-15-11-12-20(14-15)27(22,23)16-9-10-17(24-2)18(13-16)25-3/h5-14H,4H2,1-3H3. The number of methoxy groups -OCH3 is 2. The molecule has 27 heavy (non-hydrogen) atoms. The second-order valence-corrected chi connectivity index (χ2v) is 7.11. The first-order valence-electron chi connectivity index (χ1n) is 8.09. The van der Waals surface area contributed by atoms with Crippen LogP contribution in [-0.4, -0.2) is 39.2 Å². The third-order valence-corrected chi connectivity index (χ3v) is 5.17. The smallest absolute Gasteiger partial charge is 0.330 e. The number of benzene rings is 1. The van der Waals surface area contributed by atoms with Crippen molar-refractivity contribution in [3.8, 4) is 11.5 Å². The Bertz CT molecular complexity index is 956. The Morgan fingerprint density at radius 1 is 1.11 bits per heavy atom. The van der Waals surface area contributed by atoms with Crippen LogP contribution in [-0.2, 0) is 19.6 Å². The van der Waals surface area contributed by atoms with E-state index in [0.29, 0.717) is 23.7 Å². The molecule has 0 aliphatic carbocycles. The van der Waals surface area contributed by atoms with Crippen LogP contribution in [0.15, 0.2) is 59.8 Å². The van der Waals surface area contributed by atoms with E-state index in [0.717, 1.165) is 3.97 Å². The highest BCUT2D eigenvalue weighted by molar-refractivity contribution is 7.90. The number of ether oxygens (including phenoxy) is 3. The topological polar surface area (TPSA) is 83.8 Å². The van der Waals surface area contributed by atoms with Gasteiger partial charge in [0.05, 0.1) is 25.7 Å². The molecule has 1 aromatic heterocycles. The van der Waals surface area contributed by atoms with Crippen molar-refractivity contribution >= 4 is 22.1 Å². The van der Waals surface area contributed by atoms with Gasteiger partial charge in [-0.05, 0) is 30.7 Å². The summed E-state index contributed by atoms with van der Waals surface area (Å²) in [6, 6.07) is 6.04. The van der Waals surface area contributed by atoms with Crippen LogP contribution < -0.4 is 9.47 Å². The normalized spacial score (nSPS) is 11.8. The van der Waals surface area contributed by atoms with Gasteiger partial charge in [-0.2, -0.15) is 0 Å². The van der Waals surface area contributed by atoms with Crippen LogP contribution in [0.25, 0.3) is 6.08 Å². The minimum atomic E-state index is -3.77. The molecule has 144 valence electrons. The molecule has 0 saturated heterocycles. The van der Waals surface area contributed by atoms with E-state index in [2.05, 4.69) is 0 Å². The Morgan fingerprint density at radius 2 is 1.85 bits per heavy atom. The van der Waals surface area contributed by atoms with Gasteiger partial charge in [0.25, 0.3) is 10.0 Å². The molecule has 0 N–H and O–H groups in total. The van der Waals surface area contributed by atoms with E-state index >= 15 is 0 Å². The van der Waals surface area contributed by atoms with E-state index in [1.54, 1.807) is 25.1 Å². The number of hydrogen-bond acceptors (Lipinski definition) is 6. The van der Waals surface area contributed by atoms with Crippen molar-refractivity contribution in [1.29, 1.82) is 0 Å². The van der Waals surface area contributed by atoms with E-state index < -0.39 is 16.0 Å². The van der Waals surface area contributed by atoms with Gasteiger partial charge in [-0.3, -0.25) is 0 Å². The minimum Gasteiger partial charge on any atom is -0.493 e. The van der Waals surface area contributed by atoms with Gasteiger partial charge in [-0.15, -0.1) is 0 Å². The molecule has 0 bridgehead atoms. The van der Waals surface area contributed by atoms with Crippen LogP contribution in [0.5, 0.6) is 11.5 Å². The monoisotopic (exact) mass is 391 g/mol. The lowest BCUT2D eigenvalue weighted by Gasteiger charge is -2.10. The number of rotatable bonds is 8. The summed E-state index contributed by atoms with van der Waals surface area (Å²) in [7, 11) is -0.852. The summed E-state index contributed by atoms with van der Waals surface area (Å²) in [5.41, 5.74) is 0.660. The molecule has 1 aromatic carbocycles. The Hall–Kier alpha value is -3.00. The Kier molecular flexibility index (Phi) is 6.84. The maximum Gasteiger partial charge on any atom is 0.330 e. The van der Waals surface area contributed by atoms with Gasteiger partial charge in [0.2, 0.25) is 0 Å². The van der Waals surface area contributed by atoms with E-state index in [-0.39, 0.29) is 4.90 Å². The number of carbonyl (C=O) groups excluding carboxylic acids is 1. The van der Waals surface area contributed by atoms with Crippen molar-refractivity contribution in [2.75, 3.05) is 20.8 Å². The molecule has 7 nitrogen and oxygen atoms in total. The predicted octanol–water partition coefficient (Wildman–Crippen LogP) is 2.87. The van der Waals surface area contributed by atoms with Crippen molar-refractivity contribution < 1.29 is 27.4 Å². The van der Waals surface area contributed by atoms with Crippen molar-refractivity contribution in [2.45, 2.75) is 11.8 Å². The fraction of sp³-hybridized carbons (Fsp3) is 0.211. The molecular formula is C19H21NO6S. The van der Waals surface area contributed by atoms with Gasteiger partial charge >= 0.3 is 5.97 Å². The zero-order chi connectivity index (χ0) is 19.9. The highest BCUT2D eigenvalue weighted by atomic mass is 32.2. The molecule has 2 rings (SSSR count). The SMILES string of the molecule is CCOC(=O)C=CC=Cc1ccn(S(=O)(=O)c2ccc(OC)c(OC)c2)c1. The minimum absolute atomic E-state index is 0.0773. The summed E-state index contributed by atoms with van der Waals surface area (Å²) in [6.07, 6.45) is 9.03. The van der Waals surface area contributed by atoms with Crippen molar-refractivity contribution in [1.82, 2.24) is 3.97 Å². The van der Waals surface area contributed by atoms with Gasteiger partial charge in [0, 0.05) is 24.5 Å². The highest BCUT2D eigenvalue weighted by Crippen LogP contribution is 2.30. The average Bonchev–Trinajstić information content (AvgIpc) is 3.14. The molecule has 0 aliphatic heterocycles. The number of nitrogens with zero attached hydrogens (tertiary/aromatic N) is 1. The lowest BCUT2D eigenvalue weighted by atomic mass is 10.3. The van der Waals surface area contributed by atoms with Crippen LogP contribution in [0.2, 0.25) is 0 Å². The van der Waals surface area contributed by atoms with Crippen LogP contribution in [0.3, 0.4) is 0 Å². The van der Waals surface area contributed by atoms with Crippen LogP contribution in [0, 0.1) is 0 Å². The number of aromatic nitrogens is 1. The third kappa shape index (κ3) is 5.01. The Morgan fingerprint density at radius 3 is 2.52 bits per heavy atom. The zero-order valence-electron chi connectivity index (χ0n) is 15.3. The van der Waals surface area contributed by atoms with Crippen LogP contribution in [0.4, 0.5) is 0 Å². The van der Waals surface area contributed by atoms with Crippen molar-refractivity contribution in [3.63, 3.8) is 0 Å². The molecule has 2 aromatic rings. The van der Waals surface area contributed by atoms with Crippen molar-refractivity contribution in [2.24, 2.45) is 0 Å². The summed E-state index contributed by atoms with van der Waals surface area (Å²) < 4.78 is 41.7. The molecule has 0 radical (unpaired) electrons. The molecule has 0 unspecified atom stereocenters. The second-order valence-electron chi connectivity index (χ2n) is 5.27. The summed E-state index contributed by atoms with van der Waals surface area (Å²) >= 11 is 0. The van der Waals surface area contributed by atoms with Gasteiger partial charge in [-0.25, -0.2) is 17.2 Å². The number of esters is 1. The van der Waals surface area contributed by atoms with Gasteiger partial charge in [0.1, 0.15) is 0 Å². The molecular weight excluding hydrogens is 370 g/mol. The highest BCUT2D eigenvalue weighted by Gasteiger charge is 2.19. The fourth-order valence-corrected chi connectivity index (χ4v) is 3.45. The molecule has 0 amide bonds. The molecule has 1 heterocycles. The molecule has 0 spiro atoms. The average molecular weight is 391 g/mol. The van der Waals surface area contributed by atoms with E-state index in [4.69, 9.17) is 14.2 Å². The first-order chi connectivity index (χ1) is 12.9. The van der Waals surface area contributed by atoms with E-state index in [1.165, 1.54) is 57.0 Å². The first-order valence-corrected chi connectivity index (χ1v) is 9.53. The van der Waals surface area contributed by atoms with Gasteiger partial charge < -0.3 is 14.2 Å². The molecule has 0 fully saturated rings. The van der Waals surface area contributed by atoms with Gasteiger partial charge in [-0.1, -0.05) is 18.2 Å². The van der Waals surface area contributed by atoms with Gasteiger partial charge in [0.15, 0.2) is 11.5 Å². The maximum atomic E-state index is 12.8. The second kappa shape index (κ2) is 9.09. The van der Waals surface area contributed by atoms with Crippen molar-refractivity contribution in [3.05, 3.63) is 60.5 Å².